The summed E-state index contributed by atoms with van der Waals surface area (Å²) in [6.45, 7) is 8.63. The van der Waals surface area contributed by atoms with E-state index < -0.39 is 0 Å². The van der Waals surface area contributed by atoms with Crippen molar-refractivity contribution in [2.24, 2.45) is 0 Å². The average molecular weight is 257 g/mol. The first-order valence-corrected chi connectivity index (χ1v) is 6.81. The van der Waals surface area contributed by atoms with E-state index in [1.54, 1.807) is 6.26 Å². The van der Waals surface area contributed by atoms with E-state index in [0.717, 1.165) is 12.2 Å². The van der Waals surface area contributed by atoms with Crippen LogP contribution < -0.4 is 5.32 Å². The largest absolute Gasteiger partial charge is 0.467 e. The van der Waals surface area contributed by atoms with Crippen LogP contribution in [0.1, 0.15) is 39.6 Å². The van der Waals surface area contributed by atoms with Gasteiger partial charge in [0.2, 0.25) is 0 Å². The van der Waals surface area contributed by atoms with Gasteiger partial charge in [-0.05, 0) is 69.5 Å². The quantitative estimate of drug-likeness (QED) is 0.895. The Labute approximate surface area is 115 Å². The summed E-state index contributed by atoms with van der Waals surface area (Å²) in [5.41, 5.74) is 6.68. The number of benzene rings is 1. The van der Waals surface area contributed by atoms with E-state index >= 15 is 0 Å². The van der Waals surface area contributed by atoms with E-state index in [1.807, 2.05) is 13.1 Å². The Morgan fingerprint density at radius 1 is 1.05 bits per heavy atom. The SMILES string of the molecule is CNC(Cc1c(C)cc(C)cc1C)c1occc1C. The molecule has 0 saturated heterocycles. The van der Waals surface area contributed by atoms with Crippen LogP contribution in [0.25, 0.3) is 0 Å². The summed E-state index contributed by atoms with van der Waals surface area (Å²) in [5.74, 6) is 1.04. The van der Waals surface area contributed by atoms with E-state index in [0.29, 0.717) is 0 Å². The van der Waals surface area contributed by atoms with Gasteiger partial charge in [0.05, 0.1) is 12.3 Å². The Kier molecular flexibility index (Phi) is 4.11. The van der Waals surface area contributed by atoms with Crippen molar-refractivity contribution in [3.8, 4) is 0 Å². The second-order valence-electron chi connectivity index (χ2n) is 5.39. The lowest BCUT2D eigenvalue weighted by molar-refractivity contribution is 0.426. The number of hydrogen-bond acceptors (Lipinski definition) is 2. The third-order valence-corrected chi connectivity index (χ3v) is 3.82. The number of aryl methyl sites for hydroxylation is 4. The highest BCUT2D eigenvalue weighted by atomic mass is 16.3. The molecular formula is C17H23NO. The molecule has 0 aliphatic heterocycles. The molecule has 2 heteroatoms. The van der Waals surface area contributed by atoms with Crippen LogP contribution in [0.5, 0.6) is 0 Å². The van der Waals surface area contributed by atoms with Gasteiger partial charge >= 0.3 is 0 Å². The van der Waals surface area contributed by atoms with Gasteiger partial charge in [0, 0.05) is 0 Å². The van der Waals surface area contributed by atoms with Gasteiger partial charge in [-0.1, -0.05) is 17.7 Å². The van der Waals surface area contributed by atoms with E-state index in [-0.39, 0.29) is 6.04 Å². The molecule has 1 aromatic carbocycles. The zero-order valence-corrected chi connectivity index (χ0v) is 12.5. The van der Waals surface area contributed by atoms with Crippen LogP contribution in [0.2, 0.25) is 0 Å². The maximum absolute atomic E-state index is 5.63. The Balaban J connectivity index is 2.32. The Morgan fingerprint density at radius 2 is 1.68 bits per heavy atom. The van der Waals surface area contributed by atoms with E-state index in [9.17, 15) is 0 Å². The first-order chi connectivity index (χ1) is 9.02. The number of rotatable bonds is 4. The number of furan rings is 1. The fraction of sp³-hybridized carbons (Fsp3) is 0.412. The maximum atomic E-state index is 5.63. The van der Waals surface area contributed by atoms with Crippen molar-refractivity contribution in [2.75, 3.05) is 7.05 Å². The predicted molar refractivity (Wildman–Crippen MR) is 79.6 cm³/mol. The Hall–Kier alpha value is -1.54. The number of likely N-dealkylation sites (N-methyl/N-ethyl adjacent to an activating group) is 1. The van der Waals surface area contributed by atoms with Crippen molar-refractivity contribution in [3.63, 3.8) is 0 Å². The molecule has 0 aliphatic rings. The molecule has 2 nitrogen and oxygen atoms in total. The molecule has 1 heterocycles. The van der Waals surface area contributed by atoms with Gasteiger partial charge in [-0.2, -0.15) is 0 Å². The molecule has 102 valence electrons. The molecule has 1 unspecified atom stereocenters. The fourth-order valence-corrected chi connectivity index (χ4v) is 2.80. The number of hydrogen-bond donors (Lipinski definition) is 1. The molecule has 0 bridgehead atoms. The predicted octanol–water partition coefficient (Wildman–Crippen LogP) is 4.02. The second kappa shape index (κ2) is 5.62. The summed E-state index contributed by atoms with van der Waals surface area (Å²) in [5, 5.41) is 3.37. The molecule has 1 N–H and O–H groups in total. The van der Waals surface area contributed by atoms with Gasteiger partial charge in [0.15, 0.2) is 0 Å². The summed E-state index contributed by atoms with van der Waals surface area (Å²) in [6.07, 6.45) is 2.73. The van der Waals surface area contributed by atoms with Gasteiger partial charge in [-0.15, -0.1) is 0 Å². The van der Waals surface area contributed by atoms with Gasteiger partial charge in [0.25, 0.3) is 0 Å². The summed E-state index contributed by atoms with van der Waals surface area (Å²) in [7, 11) is 1.99. The highest BCUT2D eigenvalue weighted by molar-refractivity contribution is 5.38. The molecule has 2 rings (SSSR count). The summed E-state index contributed by atoms with van der Waals surface area (Å²) in [6, 6.07) is 6.76. The fourth-order valence-electron chi connectivity index (χ4n) is 2.80. The first-order valence-electron chi connectivity index (χ1n) is 6.81. The zero-order chi connectivity index (χ0) is 14.0. The van der Waals surface area contributed by atoms with Gasteiger partial charge in [-0.25, -0.2) is 0 Å². The van der Waals surface area contributed by atoms with Crippen LogP contribution in [0.4, 0.5) is 0 Å². The third-order valence-electron chi connectivity index (χ3n) is 3.82. The molecular weight excluding hydrogens is 234 g/mol. The molecule has 0 radical (unpaired) electrons. The van der Waals surface area contributed by atoms with Crippen molar-refractivity contribution in [1.82, 2.24) is 5.32 Å². The van der Waals surface area contributed by atoms with Crippen molar-refractivity contribution in [3.05, 3.63) is 58.0 Å². The molecule has 1 aromatic heterocycles. The normalized spacial score (nSPS) is 12.7. The van der Waals surface area contributed by atoms with Gasteiger partial charge in [-0.3, -0.25) is 0 Å². The van der Waals surface area contributed by atoms with Crippen LogP contribution in [0, 0.1) is 27.7 Å². The summed E-state index contributed by atoms with van der Waals surface area (Å²) >= 11 is 0. The van der Waals surface area contributed by atoms with Crippen molar-refractivity contribution in [1.29, 1.82) is 0 Å². The monoisotopic (exact) mass is 257 g/mol. The maximum Gasteiger partial charge on any atom is 0.123 e. The van der Waals surface area contributed by atoms with Crippen LogP contribution in [0.15, 0.2) is 28.9 Å². The zero-order valence-electron chi connectivity index (χ0n) is 12.5. The molecule has 0 spiro atoms. The van der Waals surface area contributed by atoms with Crippen molar-refractivity contribution >= 4 is 0 Å². The standard InChI is InChI=1S/C17H23NO/c1-11-8-13(3)15(14(4)9-11)10-16(18-5)17-12(2)6-7-19-17/h6-9,16,18H,10H2,1-5H3. The van der Waals surface area contributed by atoms with Crippen molar-refractivity contribution in [2.45, 2.75) is 40.2 Å². The Bertz CT molecular complexity index is 545. The molecule has 0 amide bonds. The van der Waals surface area contributed by atoms with Gasteiger partial charge in [0.1, 0.15) is 5.76 Å². The molecule has 0 saturated carbocycles. The topological polar surface area (TPSA) is 25.2 Å². The highest BCUT2D eigenvalue weighted by Gasteiger charge is 2.17. The van der Waals surface area contributed by atoms with E-state index in [4.69, 9.17) is 4.42 Å². The highest BCUT2D eigenvalue weighted by Crippen LogP contribution is 2.26. The lowest BCUT2D eigenvalue weighted by atomic mass is 9.93. The Morgan fingerprint density at radius 3 is 2.16 bits per heavy atom. The first kappa shape index (κ1) is 13.9. The molecule has 19 heavy (non-hydrogen) atoms. The third kappa shape index (κ3) is 2.90. The van der Waals surface area contributed by atoms with Crippen molar-refractivity contribution < 1.29 is 4.42 Å². The number of nitrogens with one attached hydrogen (secondary N) is 1. The van der Waals surface area contributed by atoms with E-state index in [2.05, 4.69) is 45.1 Å². The second-order valence-corrected chi connectivity index (χ2v) is 5.39. The minimum atomic E-state index is 0.232. The molecule has 1 atom stereocenters. The minimum Gasteiger partial charge on any atom is -0.467 e. The van der Waals surface area contributed by atoms with Crippen LogP contribution >= 0.6 is 0 Å². The van der Waals surface area contributed by atoms with Crippen LogP contribution in [0.3, 0.4) is 0 Å². The lowest BCUT2D eigenvalue weighted by Crippen LogP contribution is -2.20. The summed E-state index contributed by atoms with van der Waals surface area (Å²) < 4.78 is 5.63. The van der Waals surface area contributed by atoms with Crippen LogP contribution in [-0.4, -0.2) is 7.05 Å². The summed E-state index contributed by atoms with van der Waals surface area (Å²) in [4.78, 5) is 0. The van der Waals surface area contributed by atoms with Gasteiger partial charge < -0.3 is 9.73 Å². The molecule has 0 fully saturated rings. The molecule has 0 aliphatic carbocycles. The average Bonchev–Trinajstić information content (AvgIpc) is 2.75. The molecule has 2 aromatic rings. The van der Waals surface area contributed by atoms with Crippen LogP contribution in [-0.2, 0) is 6.42 Å². The smallest absolute Gasteiger partial charge is 0.123 e. The minimum absolute atomic E-state index is 0.232. The lowest BCUT2D eigenvalue weighted by Gasteiger charge is -2.18. The van der Waals surface area contributed by atoms with E-state index in [1.165, 1.54) is 27.8 Å².